The second-order valence-electron chi connectivity index (χ2n) is 6.40. The molecular weight excluding hydrogens is 381 g/mol. The van der Waals surface area contributed by atoms with Crippen molar-refractivity contribution in [2.24, 2.45) is 0 Å². The number of nitrogens with zero attached hydrogens (tertiary/aromatic N) is 3. The molecule has 2 heterocycles. The SMILES string of the molecule is OCCNc1ncnc2c1c(-c1ccccc1)cn2-c1cccc(C(F)(F)F)c1. The van der Waals surface area contributed by atoms with Crippen molar-refractivity contribution in [1.82, 2.24) is 14.5 Å². The summed E-state index contributed by atoms with van der Waals surface area (Å²) in [6.45, 7) is 0.204. The second kappa shape index (κ2) is 7.56. The average Bonchev–Trinajstić information content (AvgIpc) is 3.13. The lowest BCUT2D eigenvalue weighted by atomic mass is 10.1. The van der Waals surface area contributed by atoms with Gasteiger partial charge in [0.1, 0.15) is 12.1 Å². The highest BCUT2D eigenvalue weighted by Gasteiger charge is 2.30. The molecule has 2 N–H and O–H groups in total. The molecule has 4 rings (SSSR count). The molecular formula is C21H17F3N4O. The Labute approximate surface area is 164 Å². The zero-order valence-electron chi connectivity index (χ0n) is 15.2. The summed E-state index contributed by atoms with van der Waals surface area (Å²) >= 11 is 0. The van der Waals surface area contributed by atoms with Crippen molar-refractivity contribution in [1.29, 1.82) is 0 Å². The summed E-state index contributed by atoms with van der Waals surface area (Å²) in [6.07, 6.45) is -1.33. The number of hydrogen-bond acceptors (Lipinski definition) is 4. The first-order valence-electron chi connectivity index (χ1n) is 8.93. The van der Waals surface area contributed by atoms with E-state index in [1.807, 2.05) is 30.3 Å². The highest BCUT2D eigenvalue weighted by Crippen LogP contribution is 2.36. The molecule has 0 aliphatic rings. The van der Waals surface area contributed by atoms with Crippen LogP contribution in [0.2, 0.25) is 0 Å². The van der Waals surface area contributed by atoms with Crippen LogP contribution < -0.4 is 5.32 Å². The Bertz CT molecular complexity index is 1140. The van der Waals surface area contributed by atoms with Crippen molar-refractivity contribution in [3.05, 3.63) is 72.7 Å². The third-order valence-electron chi connectivity index (χ3n) is 4.52. The molecule has 0 bridgehead atoms. The lowest BCUT2D eigenvalue weighted by Crippen LogP contribution is -2.08. The number of alkyl halides is 3. The first kappa shape index (κ1) is 18.9. The van der Waals surface area contributed by atoms with Crippen LogP contribution in [0.25, 0.3) is 27.8 Å². The molecule has 0 saturated carbocycles. The van der Waals surface area contributed by atoms with E-state index < -0.39 is 11.7 Å². The Balaban J connectivity index is 1.97. The number of aliphatic hydroxyl groups excluding tert-OH is 1. The Kier molecular flexibility index (Phi) is 4.94. The summed E-state index contributed by atoms with van der Waals surface area (Å²) in [5.41, 5.74) is 1.74. The van der Waals surface area contributed by atoms with E-state index in [0.717, 1.165) is 23.3 Å². The van der Waals surface area contributed by atoms with E-state index in [0.29, 0.717) is 22.5 Å². The van der Waals surface area contributed by atoms with E-state index in [2.05, 4.69) is 15.3 Å². The van der Waals surface area contributed by atoms with Gasteiger partial charge in [0.15, 0.2) is 5.65 Å². The van der Waals surface area contributed by atoms with Crippen LogP contribution in [0.15, 0.2) is 67.1 Å². The summed E-state index contributed by atoms with van der Waals surface area (Å²) in [6, 6.07) is 14.6. The fourth-order valence-corrected chi connectivity index (χ4v) is 3.24. The standard InChI is InChI=1S/C21H17F3N4O/c22-21(23,24)15-7-4-8-16(11-15)28-12-17(14-5-2-1-3-6-14)18-19(25-9-10-29)26-13-27-20(18)28/h1-8,11-13,29H,9-10H2,(H,25,26,27). The summed E-state index contributed by atoms with van der Waals surface area (Å²) in [7, 11) is 0. The smallest absolute Gasteiger partial charge is 0.395 e. The Morgan fingerprint density at radius 1 is 1.00 bits per heavy atom. The van der Waals surface area contributed by atoms with E-state index >= 15 is 0 Å². The number of nitrogens with one attached hydrogen (secondary N) is 1. The number of anilines is 1. The number of benzene rings is 2. The zero-order valence-corrected chi connectivity index (χ0v) is 15.2. The Hall–Kier alpha value is -3.39. The number of aromatic nitrogens is 3. The van der Waals surface area contributed by atoms with Gasteiger partial charge in [0.2, 0.25) is 0 Å². The normalized spacial score (nSPS) is 11.7. The van der Waals surface area contributed by atoms with E-state index in [4.69, 9.17) is 5.11 Å². The Morgan fingerprint density at radius 2 is 1.79 bits per heavy atom. The van der Waals surface area contributed by atoms with Crippen LogP contribution in [-0.4, -0.2) is 32.8 Å². The van der Waals surface area contributed by atoms with Crippen LogP contribution in [0.1, 0.15) is 5.56 Å². The van der Waals surface area contributed by atoms with Gasteiger partial charge in [-0.25, -0.2) is 9.97 Å². The molecule has 0 aliphatic carbocycles. The summed E-state index contributed by atoms with van der Waals surface area (Å²) in [5, 5.41) is 12.9. The van der Waals surface area contributed by atoms with Crippen LogP contribution in [0, 0.1) is 0 Å². The summed E-state index contributed by atoms with van der Waals surface area (Å²) < 4.78 is 41.2. The fourth-order valence-electron chi connectivity index (χ4n) is 3.24. The molecule has 2 aromatic carbocycles. The maximum absolute atomic E-state index is 13.2. The van der Waals surface area contributed by atoms with Crippen molar-refractivity contribution in [2.75, 3.05) is 18.5 Å². The van der Waals surface area contributed by atoms with Gasteiger partial charge in [-0.15, -0.1) is 0 Å². The maximum atomic E-state index is 13.2. The van der Waals surface area contributed by atoms with Crippen LogP contribution in [0.5, 0.6) is 0 Å². The number of hydrogen-bond donors (Lipinski definition) is 2. The van der Waals surface area contributed by atoms with E-state index in [1.165, 1.54) is 12.4 Å². The number of halogens is 3. The maximum Gasteiger partial charge on any atom is 0.416 e. The fraction of sp³-hybridized carbons (Fsp3) is 0.143. The van der Waals surface area contributed by atoms with Crippen molar-refractivity contribution in [2.45, 2.75) is 6.18 Å². The molecule has 0 unspecified atom stereocenters. The van der Waals surface area contributed by atoms with Gasteiger partial charge >= 0.3 is 6.18 Å². The molecule has 4 aromatic rings. The monoisotopic (exact) mass is 398 g/mol. The lowest BCUT2D eigenvalue weighted by Gasteiger charge is -2.10. The van der Waals surface area contributed by atoms with Gasteiger partial charge in [-0.05, 0) is 23.8 Å². The third kappa shape index (κ3) is 3.66. The average molecular weight is 398 g/mol. The minimum Gasteiger partial charge on any atom is -0.395 e. The highest BCUT2D eigenvalue weighted by atomic mass is 19.4. The quantitative estimate of drug-likeness (QED) is 0.519. The predicted molar refractivity (Wildman–Crippen MR) is 105 cm³/mol. The molecule has 5 nitrogen and oxygen atoms in total. The van der Waals surface area contributed by atoms with Crippen LogP contribution >= 0.6 is 0 Å². The molecule has 0 aliphatic heterocycles. The minimum absolute atomic E-state index is 0.0828. The van der Waals surface area contributed by atoms with E-state index in [9.17, 15) is 13.2 Å². The van der Waals surface area contributed by atoms with Crippen molar-refractivity contribution < 1.29 is 18.3 Å². The largest absolute Gasteiger partial charge is 0.416 e. The van der Waals surface area contributed by atoms with Crippen molar-refractivity contribution in [3.63, 3.8) is 0 Å². The number of aliphatic hydroxyl groups is 1. The molecule has 8 heteroatoms. The first-order valence-corrected chi connectivity index (χ1v) is 8.93. The van der Waals surface area contributed by atoms with Crippen molar-refractivity contribution in [3.8, 4) is 16.8 Å². The van der Waals surface area contributed by atoms with Gasteiger partial charge in [-0.1, -0.05) is 36.4 Å². The number of rotatable bonds is 5. The van der Waals surface area contributed by atoms with Gasteiger partial charge in [0.05, 0.1) is 17.6 Å². The summed E-state index contributed by atoms with van der Waals surface area (Å²) in [4.78, 5) is 8.60. The van der Waals surface area contributed by atoms with Gasteiger partial charge in [0, 0.05) is 24.0 Å². The lowest BCUT2D eigenvalue weighted by molar-refractivity contribution is -0.137. The highest BCUT2D eigenvalue weighted by molar-refractivity contribution is 6.02. The van der Waals surface area contributed by atoms with E-state index in [-0.39, 0.29) is 13.2 Å². The van der Waals surface area contributed by atoms with Gasteiger partial charge in [0.25, 0.3) is 0 Å². The molecule has 148 valence electrons. The van der Waals surface area contributed by atoms with Gasteiger partial charge in [-0.3, -0.25) is 0 Å². The van der Waals surface area contributed by atoms with Gasteiger partial charge < -0.3 is 15.0 Å². The van der Waals surface area contributed by atoms with Crippen LogP contribution in [0.3, 0.4) is 0 Å². The molecule has 0 atom stereocenters. The predicted octanol–water partition coefficient (Wildman–Crippen LogP) is 4.51. The summed E-state index contributed by atoms with van der Waals surface area (Å²) in [5.74, 6) is 0.508. The first-order chi connectivity index (χ1) is 14.0. The second-order valence-corrected chi connectivity index (χ2v) is 6.40. The van der Waals surface area contributed by atoms with Crippen molar-refractivity contribution >= 4 is 16.9 Å². The van der Waals surface area contributed by atoms with Crippen LogP contribution in [0.4, 0.5) is 19.0 Å². The molecule has 29 heavy (non-hydrogen) atoms. The number of fused-ring (bicyclic) bond motifs is 1. The molecule has 0 radical (unpaired) electrons. The minimum atomic E-state index is -4.44. The zero-order chi connectivity index (χ0) is 20.4. The molecule has 2 aromatic heterocycles. The van der Waals surface area contributed by atoms with E-state index in [1.54, 1.807) is 16.8 Å². The Morgan fingerprint density at radius 3 is 2.52 bits per heavy atom. The molecule has 0 fully saturated rings. The van der Waals surface area contributed by atoms with Gasteiger partial charge in [-0.2, -0.15) is 13.2 Å². The third-order valence-corrected chi connectivity index (χ3v) is 4.52. The molecule has 0 spiro atoms. The molecule has 0 amide bonds. The topological polar surface area (TPSA) is 63.0 Å². The molecule has 0 saturated heterocycles. The van der Waals surface area contributed by atoms with Crippen LogP contribution in [-0.2, 0) is 6.18 Å².